The fourth-order valence-electron chi connectivity index (χ4n) is 3.04. The number of hydrogen-bond acceptors (Lipinski definition) is 3. The zero-order valence-electron chi connectivity index (χ0n) is 15.1. The number of fused-ring (bicyclic) bond motifs is 1. The van der Waals surface area contributed by atoms with E-state index in [4.69, 9.17) is 0 Å². The molecule has 0 aliphatic carbocycles. The molecule has 0 fully saturated rings. The lowest BCUT2D eigenvalue weighted by molar-refractivity contribution is 0.0951. The van der Waals surface area contributed by atoms with Gasteiger partial charge in [-0.25, -0.2) is 4.98 Å². The molecule has 0 unspecified atom stereocenters. The van der Waals surface area contributed by atoms with Gasteiger partial charge in [-0.1, -0.05) is 25.1 Å². The number of aromatic nitrogens is 3. The molecule has 0 saturated heterocycles. The van der Waals surface area contributed by atoms with Crippen LogP contribution in [0.5, 0.6) is 0 Å². The lowest BCUT2D eigenvalue weighted by Crippen LogP contribution is -2.22. The molecule has 0 aliphatic rings. The Labute approximate surface area is 157 Å². The smallest absolute Gasteiger partial charge is 0.251 e. The average Bonchev–Trinajstić information content (AvgIpc) is 3.16. The van der Waals surface area contributed by atoms with Crippen LogP contribution < -0.4 is 5.32 Å². The fourth-order valence-corrected chi connectivity index (χ4v) is 3.04. The third-order valence-electron chi connectivity index (χ3n) is 4.61. The summed E-state index contributed by atoms with van der Waals surface area (Å²) in [5, 5.41) is 2.92. The quantitative estimate of drug-likeness (QED) is 0.590. The summed E-state index contributed by atoms with van der Waals surface area (Å²) < 4.78 is 2.03. The predicted octanol–water partition coefficient (Wildman–Crippen LogP) is 3.91. The molecule has 4 rings (SSSR count). The van der Waals surface area contributed by atoms with Gasteiger partial charge in [-0.05, 0) is 53.9 Å². The lowest BCUT2D eigenvalue weighted by Gasteiger charge is -2.07. The van der Waals surface area contributed by atoms with E-state index in [1.54, 1.807) is 18.7 Å². The summed E-state index contributed by atoms with van der Waals surface area (Å²) in [5.41, 5.74) is 5.69. The van der Waals surface area contributed by atoms with Crippen LogP contribution in [0.2, 0.25) is 0 Å². The second kappa shape index (κ2) is 7.41. The highest BCUT2D eigenvalue weighted by Crippen LogP contribution is 2.20. The summed E-state index contributed by atoms with van der Waals surface area (Å²) in [6.45, 7) is 2.59. The van der Waals surface area contributed by atoms with E-state index < -0.39 is 0 Å². The molecule has 1 N–H and O–H groups in total. The van der Waals surface area contributed by atoms with Crippen LogP contribution in [0.4, 0.5) is 0 Å². The van der Waals surface area contributed by atoms with Gasteiger partial charge >= 0.3 is 0 Å². The van der Waals surface area contributed by atoms with Crippen molar-refractivity contribution >= 4 is 16.9 Å². The number of carbonyl (C=O) groups excluding carboxylic acids is 1. The van der Waals surface area contributed by atoms with E-state index >= 15 is 0 Å². The van der Waals surface area contributed by atoms with Crippen molar-refractivity contribution in [3.05, 3.63) is 90.0 Å². The summed E-state index contributed by atoms with van der Waals surface area (Å²) in [4.78, 5) is 21.0. The monoisotopic (exact) mass is 356 g/mol. The molecule has 0 saturated carbocycles. The van der Waals surface area contributed by atoms with Gasteiger partial charge in [0, 0.05) is 30.2 Å². The lowest BCUT2D eigenvalue weighted by atomic mass is 10.1. The minimum absolute atomic E-state index is 0.123. The molecule has 0 aliphatic heterocycles. The molecule has 4 aromatic rings. The van der Waals surface area contributed by atoms with Crippen molar-refractivity contribution in [3.8, 4) is 5.69 Å². The van der Waals surface area contributed by atoms with Gasteiger partial charge in [0.25, 0.3) is 5.91 Å². The molecule has 2 aromatic heterocycles. The van der Waals surface area contributed by atoms with Crippen molar-refractivity contribution < 1.29 is 4.79 Å². The Bertz CT molecular complexity index is 1070. The molecule has 1 amide bonds. The molecule has 0 bridgehead atoms. The Morgan fingerprint density at radius 2 is 1.93 bits per heavy atom. The highest BCUT2D eigenvalue weighted by atomic mass is 16.1. The van der Waals surface area contributed by atoms with Gasteiger partial charge in [-0.15, -0.1) is 0 Å². The molecule has 134 valence electrons. The zero-order chi connectivity index (χ0) is 18.6. The first-order valence-electron chi connectivity index (χ1n) is 8.98. The van der Waals surface area contributed by atoms with Crippen LogP contribution in [0.1, 0.15) is 28.4 Å². The maximum absolute atomic E-state index is 12.4. The molecule has 2 heterocycles. The summed E-state index contributed by atoms with van der Waals surface area (Å²) in [7, 11) is 0. The van der Waals surface area contributed by atoms with Crippen molar-refractivity contribution in [3.63, 3.8) is 0 Å². The van der Waals surface area contributed by atoms with Crippen LogP contribution in [0.3, 0.4) is 0 Å². The summed E-state index contributed by atoms with van der Waals surface area (Å²) in [5.74, 6) is -0.123. The summed E-state index contributed by atoms with van der Waals surface area (Å²) in [6.07, 6.45) is 6.27. The second-order valence-electron chi connectivity index (χ2n) is 6.38. The number of aryl methyl sites for hydroxylation is 1. The maximum atomic E-state index is 12.4. The SMILES string of the molecule is CCc1ccc(-n2cnc3cc(C(=O)NCc4cccnc4)ccc32)cc1. The highest BCUT2D eigenvalue weighted by Gasteiger charge is 2.10. The van der Waals surface area contributed by atoms with Crippen molar-refractivity contribution in [2.75, 3.05) is 0 Å². The minimum Gasteiger partial charge on any atom is -0.348 e. The van der Waals surface area contributed by atoms with Gasteiger partial charge in [-0.3, -0.25) is 14.3 Å². The second-order valence-corrected chi connectivity index (χ2v) is 6.38. The Morgan fingerprint density at radius 3 is 2.67 bits per heavy atom. The van der Waals surface area contributed by atoms with E-state index in [1.807, 2.05) is 34.9 Å². The Hall–Kier alpha value is -3.47. The molecular formula is C22H20N4O. The molecule has 27 heavy (non-hydrogen) atoms. The van der Waals surface area contributed by atoms with Crippen molar-refractivity contribution in [2.24, 2.45) is 0 Å². The Balaban J connectivity index is 1.55. The van der Waals surface area contributed by atoms with Crippen LogP contribution in [0.15, 0.2) is 73.3 Å². The standard InChI is InChI=1S/C22H20N4O/c1-2-16-5-8-19(9-6-16)26-15-25-20-12-18(7-10-21(20)26)22(27)24-14-17-4-3-11-23-13-17/h3-13,15H,2,14H2,1H3,(H,24,27). The average molecular weight is 356 g/mol. The number of benzene rings is 2. The van der Waals surface area contributed by atoms with Crippen molar-refractivity contribution in [1.82, 2.24) is 19.9 Å². The van der Waals surface area contributed by atoms with Crippen molar-refractivity contribution in [1.29, 1.82) is 0 Å². The molecular weight excluding hydrogens is 336 g/mol. The third-order valence-corrected chi connectivity index (χ3v) is 4.61. The van der Waals surface area contributed by atoms with Crippen LogP contribution in [-0.2, 0) is 13.0 Å². The first kappa shape index (κ1) is 17.0. The molecule has 5 heteroatoms. The van der Waals surface area contributed by atoms with Crippen molar-refractivity contribution in [2.45, 2.75) is 19.9 Å². The van der Waals surface area contributed by atoms with E-state index in [1.165, 1.54) is 5.56 Å². The number of nitrogens with zero attached hydrogens (tertiary/aromatic N) is 3. The molecule has 2 aromatic carbocycles. The number of pyridine rings is 1. The summed E-state index contributed by atoms with van der Waals surface area (Å²) in [6, 6.07) is 17.8. The normalized spacial score (nSPS) is 10.9. The number of imidazole rings is 1. The van der Waals surface area contributed by atoms with Crippen LogP contribution >= 0.6 is 0 Å². The Kier molecular flexibility index (Phi) is 4.66. The summed E-state index contributed by atoms with van der Waals surface area (Å²) >= 11 is 0. The van der Waals surface area contributed by atoms with E-state index in [-0.39, 0.29) is 5.91 Å². The number of rotatable bonds is 5. The number of nitrogens with one attached hydrogen (secondary N) is 1. The molecule has 5 nitrogen and oxygen atoms in total. The van der Waals surface area contributed by atoms with E-state index in [9.17, 15) is 4.79 Å². The van der Waals surface area contributed by atoms with Gasteiger partial charge in [0.1, 0.15) is 6.33 Å². The zero-order valence-corrected chi connectivity index (χ0v) is 15.1. The number of carbonyl (C=O) groups is 1. The predicted molar refractivity (Wildman–Crippen MR) is 106 cm³/mol. The van der Waals surface area contributed by atoms with Gasteiger partial charge in [0.15, 0.2) is 0 Å². The van der Waals surface area contributed by atoms with Gasteiger partial charge in [0.05, 0.1) is 11.0 Å². The fraction of sp³-hybridized carbons (Fsp3) is 0.136. The molecule has 0 spiro atoms. The topological polar surface area (TPSA) is 59.8 Å². The third kappa shape index (κ3) is 3.58. The van der Waals surface area contributed by atoms with Crippen LogP contribution in [-0.4, -0.2) is 20.4 Å². The molecule has 0 atom stereocenters. The maximum Gasteiger partial charge on any atom is 0.251 e. The first-order valence-corrected chi connectivity index (χ1v) is 8.98. The molecule has 0 radical (unpaired) electrons. The van der Waals surface area contributed by atoms with Crippen LogP contribution in [0, 0.1) is 0 Å². The van der Waals surface area contributed by atoms with Gasteiger partial charge in [-0.2, -0.15) is 0 Å². The first-order chi connectivity index (χ1) is 13.2. The largest absolute Gasteiger partial charge is 0.348 e. The number of amides is 1. The van der Waals surface area contributed by atoms with Crippen LogP contribution in [0.25, 0.3) is 16.7 Å². The van der Waals surface area contributed by atoms with Gasteiger partial charge < -0.3 is 5.32 Å². The highest BCUT2D eigenvalue weighted by molar-refractivity contribution is 5.97. The number of hydrogen-bond donors (Lipinski definition) is 1. The van der Waals surface area contributed by atoms with Gasteiger partial charge in [0.2, 0.25) is 0 Å². The Morgan fingerprint density at radius 1 is 1.07 bits per heavy atom. The minimum atomic E-state index is -0.123. The van der Waals surface area contributed by atoms with E-state index in [0.717, 1.165) is 28.7 Å². The van der Waals surface area contributed by atoms with E-state index in [0.29, 0.717) is 12.1 Å². The van der Waals surface area contributed by atoms with E-state index in [2.05, 4.69) is 46.5 Å².